The second-order valence-corrected chi connectivity index (χ2v) is 8.02. The standard InChI is InChI=1S/C24H30N4O4/c29-23(26-21-8-4-5-9-22(21)27-14-16-31-17-15-27)25-20-10-12-28(13-11-20)24(30)32-18-19-6-2-1-3-7-19/h1-9,20H,10-18H2,(H2,25,26,29). The number of nitrogens with zero attached hydrogens (tertiary/aromatic N) is 2. The number of urea groups is 1. The Labute approximate surface area is 188 Å². The van der Waals surface area contributed by atoms with E-state index in [4.69, 9.17) is 9.47 Å². The maximum atomic E-state index is 12.6. The van der Waals surface area contributed by atoms with Gasteiger partial charge in [-0.2, -0.15) is 0 Å². The first-order chi connectivity index (χ1) is 15.7. The van der Waals surface area contributed by atoms with Crippen molar-refractivity contribution in [3.63, 3.8) is 0 Å². The molecule has 170 valence electrons. The van der Waals surface area contributed by atoms with E-state index in [9.17, 15) is 9.59 Å². The minimum atomic E-state index is -0.309. The van der Waals surface area contributed by atoms with Crippen LogP contribution in [0.15, 0.2) is 54.6 Å². The van der Waals surface area contributed by atoms with E-state index >= 15 is 0 Å². The zero-order chi connectivity index (χ0) is 22.2. The van der Waals surface area contributed by atoms with Gasteiger partial charge in [0.05, 0.1) is 24.6 Å². The Hall–Kier alpha value is -3.26. The van der Waals surface area contributed by atoms with Crippen molar-refractivity contribution in [2.75, 3.05) is 49.6 Å². The van der Waals surface area contributed by atoms with Gasteiger partial charge >= 0.3 is 12.1 Å². The normalized spacial score (nSPS) is 17.0. The molecule has 2 aliphatic rings. The lowest BCUT2D eigenvalue weighted by molar-refractivity contribution is 0.0860. The van der Waals surface area contributed by atoms with Gasteiger partial charge in [-0.1, -0.05) is 42.5 Å². The number of nitrogens with one attached hydrogen (secondary N) is 2. The quantitative estimate of drug-likeness (QED) is 0.747. The van der Waals surface area contributed by atoms with Crippen LogP contribution in [0.2, 0.25) is 0 Å². The van der Waals surface area contributed by atoms with Crippen molar-refractivity contribution < 1.29 is 19.1 Å². The number of carbonyl (C=O) groups is 2. The van der Waals surface area contributed by atoms with Crippen LogP contribution in [-0.2, 0) is 16.1 Å². The number of morpholine rings is 1. The molecule has 3 amide bonds. The Balaban J connectivity index is 1.22. The van der Waals surface area contributed by atoms with Gasteiger partial charge in [0.1, 0.15) is 6.61 Å². The number of hydrogen-bond donors (Lipinski definition) is 2. The molecule has 32 heavy (non-hydrogen) atoms. The summed E-state index contributed by atoms with van der Waals surface area (Å²) in [7, 11) is 0. The largest absolute Gasteiger partial charge is 0.445 e. The van der Waals surface area contributed by atoms with E-state index in [-0.39, 0.29) is 24.8 Å². The van der Waals surface area contributed by atoms with Crippen LogP contribution in [0.5, 0.6) is 0 Å². The number of benzene rings is 2. The molecule has 0 aliphatic carbocycles. The third-order valence-electron chi connectivity index (χ3n) is 5.80. The van der Waals surface area contributed by atoms with Gasteiger partial charge < -0.3 is 29.9 Å². The average molecular weight is 439 g/mol. The first-order valence-corrected chi connectivity index (χ1v) is 11.1. The fourth-order valence-corrected chi connectivity index (χ4v) is 4.02. The molecular formula is C24H30N4O4. The Morgan fingerprint density at radius 2 is 1.62 bits per heavy atom. The number of likely N-dealkylation sites (tertiary alicyclic amines) is 1. The molecule has 4 rings (SSSR count). The fourth-order valence-electron chi connectivity index (χ4n) is 4.02. The minimum absolute atomic E-state index is 0.0173. The molecule has 2 aromatic rings. The number of hydrogen-bond acceptors (Lipinski definition) is 5. The molecule has 2 aliphatic heterocycles. The van der Waals surface area contributed by atoms with Crippen molar-refractivity contribution in [3.8, 4) is 0 Å². The Kier molecular flexibility index (Phi) is 7.45. The second kappa shape index (κ2) is 10.9. The summed E-state index contributed by atoms with van der Waals surface area (Å²) >= 11 is 0. The molecule has 0 bridgehead atoms. The highest BCUT2D eigenvalue weighted by Crippen LogP contribution is 2.26. The molecule has 2 aromatic carbocycles. The summed E-state index contributed by atoms with van der Waals surface area (Å²) in [6.07, 6.45) is 1.08. The van der Waals surface area contributed by atoms with Crippen LogP contribution in [0.1, 0.15) is 18.4 Å². The monoisotopic (exact) mass is 438 g/mol. The van der Waals surface area contributed by atoms with E-state index in [0.29, 0.717) is 39.1 Å². The first-order valence-electron chi connectivity index (χ1n) is 11.1. The van der Waals surface area contributed by atoms with Crippen molar-refractivity contribution in [1.82, 2.24) is 10.2 Å². The maximum Gasteiger partial charge on any atom is 0.410 e. The van der Waals surface area contributed by atoms with Crippen molar-refractivity contribution in [2.24, 2.45) is 0 Å². The zero-order valence-electron chi connectivity index (χ0n) is 18.2. The first kappa shape index (κ1) is 22.0. The van der Waals surface area contributed by atoms with Gasteiger partial charge in [-0.05, 0) is 30.5 Å². The average Bonchev–Trinajstić information content (AvgIpc) is 2.84. The van der Waals surface area contributed by atoms with Crippen molar-refractivity contribution in [1.29, 1.82) is 0 Å². The van der Waals surface area contributed by atoms with Crippen molar-refractivity contribution >= 4 is 23.5 Å². The van der Waals surface area contributed by atoms with Crippen molar-refractivity contribution in [2.45, 2.75) is 25.5 Å². The smallest absolute Gasteiger partial charge is 0.410 e. The fraction of sp³-hybridized carbons (Fsp3) is 0.417. The molecule has 2 fully saturated rings. The molecule has 8 nitrogen and oxygen atoms in total. The van der Waals surface area contributed by atoms with Gasteiger partial charge in [-0.15, -0.1) is 0 Å². The topological polar surface area (TPSA) is 83.1 Å². The number of carbonyl (C=O) groups excluding carboxylic acids is 2. The molecule has 0 atom stereocenters. The molecule has 2 heterocycles. The van der Waals surface area contributed by atoms with Gasteiger partial charge in [0.15, 0.2) is 0 Å². The molecule has 8 heteroatoms. The van der Waals surface area contributed by atoms with Crippen LogP contribution in [-0.4, -0.2) is 62.5 Å². The van der Waals surface area contributed by atoms with E-state index in [2.05, 4.69) is 15.5 Å². The molecule has 0 spiro atoms. The highest BCUT2D eigenvalue weighted by Gasteiger charge is 2.25. The van der Waals surface area contributed by atoms with Crippen molar-refractivity contribution in [3.05, 3.63) is 60.2 Å². The Morgan fingerprint density at radius 3 is 2.38 bits per heavy atom. The Bertz CT molecular complexity index is 894. The van der Waals surface area contributed by atoms with E-state index in [1.54, 1.807) is 4.90 Å². The zero-order valence-corrected chi connectivity index (χ0v) is 18.2. The maximum absolute atomic E-state index is 12.6. The molecular weight excluding hydrogens is 408 g/mol. The number of amides is 3. The summed E-state index contributed by atoms with van der Waals surface area (Å²) in [6.45, 7) is 4.37. The van der Waals surface area contributed by atoms with Crippen LogP contribution in [0.3, 0.4) is 0 Å². The van der Waals surface area contributed by atoms with Crippen LogP contribution < -0.4 is 15.5 Å². The molecule has 2 N–H and O–H groups in total. The van der Waals surface area contributed by atoms with Gasteiger partial charge in [0.2, 0.25) is 0 Å². The lowest BCUT2D eigenvalue weighted by atomic mass is 10.1. The number of para-hydroxylation sites is 2. The second-order valence-electron chi connectivity index (χ2n) is 8.02. The third kappa shape index (κ3) is 5.91. The van der Waals surface area contributed by atoms with Crippen LogP contribution in [0, 0.1) is 0 Å². The lowest BCUT2D eigenvalue weighted by Crippen LogP contribution is -2.47. The lowest BCUT2D eigenvalue weighted by Gasteiger charge is -2.32. The molecule has 2 saturated heterocycles. The summed E-state index contributed by atoms with van der Waals surface area (Å²) in [6, 6.07) is 17.2. The molecule has 0 radical (unpaired) electrons. The SMILES string of the molecule is O=C(Nc1ccccc1N1CCOCC1)NC1CCN(C(=O)OCc2ccccc2)CC1. The number of anilines is 2. The van der Waals surface area contributed by atoms with E-state index in [1.165, 1.54) is 0 Å². The summed E-state index contributed by atoms with van der Waals surface area (Å²) in [5.74, 6) is 0. The molecule has 0 aromatic heterocycles. The molecule has 0 unspecified atom stereocenters. The summed E-state index contributed by atoms with van der Waals surface area (Å²) in [5, 5.41) is 6.03. The summed E-state index contributed by atoms with van der Waals surface area (Å²) in [5.41, 5.74) is 2.75. The minimum Gasteiger partial charge on any atom is -0.445 e. The van der Waals surface area contributed by atoms with E-state index in [1.807, 2.05) is 54.6 Å². The highest BCUT2D eigenvalue weighted by molar-refractivity contribution is 5.93. The third-order valence-corrected chi connectivity index (χ3v) is 5.80. The van der Waals surface area contributed by atoms with E-state index < -0.39 is 0 Å². The van der Waals surface area contributed by atoms with Gasteiger partial charge in [0.25, 0.3) is 0 Å². The summed E-state index contributed by atoms with van der Waals surface area (Å²) in [4.78, 5) is 28.9. The Morgan fingerprint density at radius 1 is 0.938 bits per heavy atom. The predicted octanol–water partition coefficient (Wildman–Crippen LogP) is 3.45. The predicted molar refractivity (Wildman–Crippen MR) is 123 cm³/mol. The number of piperidine rings is 1. The van der Waals surface area contributed by atoms with Gasteiger partial charge in [0, 0.05) is 32.2 Å². The highest BCUT2D eigenvalue weighted by atomic mass is 16.6. The van der Waals surface area contributed by atoms with E-state index in [0.717, 1.165) is 30.0 Å². The van der Waals surface area contributed by atoms with Crippen LogP contribution in [0.25, 0.3) is 0 Å². The van der Waals surface area contributed by atoms with Crippen LogP contribution >= 0.6 is 0 Å². The number of rotatable bonds is 5. The molecule has 0 saturated carbocycles. The number of ether oxygens (including phenoxy) is 2. The van der Waals surface area contributed by atoms with Gasteiger partial charge in [-0.25, -0.2) is 9.59 Å². The van der Waals surface area contributed by atoms with Gasteiger partial charge in [-0.3, -0.25) is 0 Å². The summed E-state index contributed by atoms with van der Waals surface area (Å²) < 4.78 is 10.8. The van der Waals surface area contributed by atoms with Crippen LogP contribution in [0.4, 0.5) is 21.0 Å².